The van der Waals surface area contributed by atoms with Gasteiger partial charge in [-0.2, -0.15) is 0 Å². The zero-order valence-corrected chi connectivity index (χ0v) is 21.5. The highest BCUT2D eigenvalue weighted by molar-refractivity contribution is 5.90. The second-order valence-electron chi connectivity index (χ2n) is 9.75. The first-order chi connectivity index (χ1) is 18.2. The van der Waals surface area contributed by atoms with Crippen molar-refractivity contribution in [2.24, 2.45) is 5.92 Å². The Kier molecular flexibility index (Phi) is 6.56. The standard InChI is InChI=1S/C34H28O4/c1-20(2)33(35)37-27-12-6-23(7-13-27)25-10-16-29-30-17-11-26(19-32(30)22(5)31(29)18-25)24-8-14-28(15-9-24)38-34(36)21(3)4/h6-19,29,31H,1,3,5H2,2,4H3. The van der Waals surface area contributed by atoms with Crippen LogP contribution < -0.4 is 9.47 Å². The van der Waals surface area contributed by atoms with Gasteiger partial charge in [0.15, 0.2) is 0 Å². The summed E-state index contributed by atoms with van der Waals surface area (Å²) in [5.74, 6) is 0.534. The molecule has 4 heteroatoms. The molecule has 0 spiro atoms. The van der Waals surface area contributed by atoms with Crippen LogP contribution in [-0.4, -0.2) is 11.9 Å². The first kappa shape index (κ1) is 25.0. The number of esters is 2. The molecule has 3 aromatic rings. The normalized spacial score (nSPS) is 17.2. The summed E-state index contributed by atoms with van der Waals surface area (Å²) in [5, 5.41) is 0. The molecule has 3 aromatic carbocycles. The molecule has 0 amide bonds. The molecule has 2 atom stereocenters. The van der Waals surface area contributed by atoms with Crippen molar-refractivity contribution in [3.05, 3.63) is 133 Å². The molecule has 2 aliphatic rings. The van der Waals surface area contributed by atoms with E-state index in [9.17, 15) is 9.59 Å². The van der Waals surface area contributed by atoms with Crippen LogP contribution in [0.15, 0.2) is 116 Å². The maximum atomic E-state index is 11.8. The van der Waals surface area contributed by atoms with Gasteiger partial charge in [0, 0.05) is 23.0 Å². The molecule has 2 unspecified atom stereocenters. The van der Waals surface area contributed by atoms with E-state index in [0.717, 1.165) is 27.8 Å². The van der Waals surface area contributed by atoms with Crippen LogP contribution in [0.2, 0.25) is 0 Å². The van der Waals surface area contributed by atoms with Crippen molar-refractivity contribution >= 4 is 23.1 Å². The SMILES string of the molecule is C=C(C)C(=O)Oc1ccc(C2=CC3C(=C)c4cc(-c5ccc(OC(=O)C(=C)C)cc5)ccc4C3C=C2)cc1. The van der Waals surface area contributed by atoms with Crippen LogP contribution in [-0.2, 0) is 9.59 Å². The van der Waals surface area contributed by atoms with Crippen molar-refractivity contribution in [3.63, 3.8) is 0 Å². The van der Waals surface area contributed by atoms with Gasteiger partial charge in [0.2, 0.25) is 0 Å². The third kappa shape index (κ3) is 4.81. The summed E-state index contributed by atoms with van der Waals surface area (Å²) in [6.07, 6.45) is 6.67. The fourth-order valence-electron chi connectivity index (χ4n) is 4.79. The van der Waals surface area contributed by atoms with E-state index in [4.69, 9.17) is 9.47 Å². The van der Waals surface area contributed by atoms with Crippen LogP contribution in [0, 0.1) is 5.92 Å². The highest BCUT2D eigenvalue weighted by Gasteiger charge is 2.34. The van der Waals surface area contributed by atoms with E-state index in [1.165, 1.54) is 11.1 Å². The molecule has 0 heterocycles. The van der Waals surface area contributed by atoms with Crippen molar-refractivity contribution in [2.75, 3.05) is 0 Å². The minimum Gasteiger partial charge on any atom is -0.423 e. The first-order valence-corrected chi connectivity index (χ1v) is 12.4. The second kappa shape index (κ2) is 9.98. The van der Waals surface area contributed by atoms with Crippen LogP contribution in [0.4, 0.5) is 0 Å². The van der Waals surface area contributed by atoms with E-state index in [1.54, 1.807) is 38.1 Å². The third-order valence-corrected chi connectivity index (χ3v) is 6.88. The molecule has 0 radical (unpaired) electrons. The lowest BCUT2D eigenvalue weighted by atomic mass is 9.83. The van der Waals surface area contributed by atoms with Crippen LogP contribution in [0.5, 0.6) is 11.5 Å². The summed E-state index contributed by atoms with van der Waals surface area (Å²) < 4.78 is 10.6. The Morgan fingerprint density at radius 2 is 1.24 bits per heavy atom. The number of fused-ring (bicyclic) bond motifs is 3. The predicted molar refractivity (Wildman–Crippen MR) is 152 cm³/mol. The average Bonchev–Trinajstić information content (AvgIpc) is 3.20. The molecular weight excluding hydrogens is 472 g/mol. The molecule has 0 N–H and O–H groups in total. The second-order valence-corrected chi connectivity index (χ2v) is 9.75. The number of allylic oxidation sites excluding steroid dienone is 5. The van der Waals surface area contributed by atoms with Gasteiger partial charge in [-0.25, -0.2) is 9.59 Å². The van der Waals surface area contributed by atoms with E-state index >= 15 is 0 Å². The molecule has 0 saturated heterocycles. The Hall–Kier alpha value is -4.70. The van der Waals surface area contributed by atoms with Gasteiger partial charge in [-0.3, -0.25) is 0 Å². The van der Waals surface area contributed by atoms with Crippen molar-refractivity contribution in [1.29, 1.82) is 0 Å². The van der Waals surface area contributed by atoms with Crippen molar-refractivity contribution in [1.82, 2.24) is 0 Å². The van der Waals surface area contributed by atoms with Gasteiger partial charge in [0.1, 0.15) is 11.5 Å². The van der Waals surface area contributed by atoms with Crippen molar-refractivity contribution < 1.29 is 19.1 Å². The number of hydrogen-bond donors (Lipinski definition) is 0. The Morgan fingerprint density at radius 1 is 0.711 bits per heavy atom. The monoisotopic (exact) mass is 500 g/mol. The minimum absolute atomic E-state index is 0.171. The Balaban J connectivity index is 1.35. The topological polar surface area (TPSA) is 52.6 Å². The summed E-state index contributed by atoms with van der Waals surface area (Å²) in [4.78, 5) is 23.6. The lowest BCUT2D eigenvalue weighted by Crippen LogP contribution is -2.08. The number of carbonyl (C=O) groups excluding carboxylic acids is 2. The van der Waals surface area contributed by atoms with Crippen LogP contribution >= 0.6 is 0 Å². The largest absolute Gasteiger partial charge is 0.423 e. The molecule has 188 valence electrons. The van der Waals surface area contributed by atoms with Gasteiger partial charge in [-0.15, -0.1) is 0 Å². The van der Waals surface area contributed by atoms with E-state index < -0.39 is 11.9 Å². The molecule has 4 nitrogen and oxygen atoms in total. The Labute approximate surface area is 222 Å². The fourth-order valence-corrected chi connectivity index (χ4v) is 4.79. The highest BCUT2D eigenvalue weighted by atomic mass is 16.5. The summed E-state index contributed by atoms with van der Waals surface area (Å²) >= 11 is 0. The molecule has 5 rings (SSSR count). The molecule has 38 heavy (non-hydrogen) atoms. The van der Waals surface area contributed by atoms with Crippen LogP contribution in [0.25, 0.3) is 22.3 Å². The van der Waals surface area contributed by atoms with Crippen LogP contribution in [0.3, 0.4) is 0 Å². The van der Waals surface area contributed by atoms with Gasteiger partial charge in [0.25, 0.3) is 0 Å². The van der Waals surface area contributed by atoms with Gasteiger partial charge >= 0.3 is 11.9 Å². The molecule has 0 bridgehead atoms. The maximum Gasteiger partial charge on any atom is 0.338 e. The van der Waals surface area contributed by atoms with E-state index in [0.29, 0.717) is 22.6 Å². The van der Waals surface area contributed by atoms with Crippen LogP contribution in [0.1, 0.15) is 36.5 Å². The van der Waals surface area contributed by atoms with Crippen molar-refractivity contribution in [2.45, 2.75) is 19.8 Å². The van der Waals surface area contributed by atoms with E-state index in [1.807, 2.05) is 24.3 Å². The summed E-state index contributed by atoms with van der Waals surface area (Å²) in [7, 11) is 0. The molecule has 0 fully saturated rings. The molecule has 2 aliphatic carbocycles. The summed E-state index contributed by atoms with van der Waals surface area (Å²) in [6.45, 7) is 14.9. The molecule has 0 aromatic heterocycles. The van der Waals surface area contributed by atoms with E-state index in [-0.39, 0.29) is 11.8 Å². The third-order valence-electron chi connectivity index (χ3n) is 6.88. The zero-order chi connectivity index (χ0) is 27.0. The zero-order valence-electron chi connectivity index (χ0n) is 21.5. The summed E-state index contributed by atoms with van der Waals surface area (Å²) in [6, 6.07) is 21.5. The number of benzene rings is 3. The van der Waals surface area contributed by atoms with Crippen molar-refractivity contribution in [3.8, 4) is 22.6 Å². The van der Waals surface area contributed by atoms with Gasteiger partial charge in [-0.1, -0.05) is 74.4 Å². The fraction of sp³-hybridized carbons (Fsp3) is 0.118. The molecular formula is C34H28O4. The van der Waals surface area contributed by atoms with E-state index in [2.05, 4.69) is 56.2 Å². The lowest BCUT2D eigenvalue weighted by Gasteiger charge is -2.20. The number of hydrogen-bond acceptors (Lipinski definition) is 4. The number of rotatable bonds is 6. The lowest BCUT2D eigenvalue weighted by molar-refractivity contribution is -0.130. The Bertz CT molecular complexity index is 1550. The minimum atomic E-state index is -0.434. The Morgan fingerprint density at radius 3 is 1.79 bits per heavy atom. The number of carbonyl (C=O) groups is 2. The van der Waals surface area contributed by atoms with Gasteiger partial charge < -0.3 is 9.47 Å². The first-order valence-electron chi connectivity index (χ1n) is 12.4. The smallest absolute Gasteiger partial charge is 0.338 e. The quantitative estimate of drug-likeness (QED) is 0.198. The van der Waals surface area contributed by atoms with Gasteiger partial charge in [-0.05, 0) is 83.1 Å². The molecule has 0 aliphatic heterocycles. The number of ether oxygens (including phenoxy) is 2. The predicted octanol–water partition coefficient (Wildman–Crippen LogP) is 7.70. The molecule has 0 saturated carbocycles. The highest BCUT2D eigenvalue weighted by Crippen LogP contribution is 2.50. The maximum absolute atomic E-state index is 11.8. The summed E-state index contributed by atoms with van der Waals surface area (Å²) in [5.41, 5.74) is 8.52. The van der Waals surface area contributed by atoms with Gasteiger partial charge in [0.05, 0.1) is 0 Å². The average molecular weight is 501 g/mol.